The molecule has 18 heavy (non-hydrogen) atoms. The van der Waals surface area contributed by atoms with Gasteiger partial charge in [-0.05, 0) is 37.1 Å². The molecule has 0 aliphatic heterocycles. The van der Waals surface area contributed by atoms with Gasteiger partial charge in [-0.3, -0.25) is 0 Å². The zero-order chi connectivity index (χ0) is 13.6. The molecule has 1 rings (SSSR count). The number of hydrogen-bond donors (Lipinski definition) is 1. The maximum Gasteiger partial charge on any atom is 0.240 e. The third-order valence-electron chi connectivity index (χ3n) is 2.45. The number of sulfonamides is 1. The van der Waals surface area contributed by atoms with Crippen LogP contribution in [0, 0.1) is 18.3 Å². The van der Waals surface area contributed by atoms with Crippen molar-refractivity contribution in [2.45, 2.75) is 18.2 Å². The normalized spacial score (nSPS) is 11.2. The zero-order valence-electron chi connectivity index (χ0n) is 10.4. The lowest BCUT2D eigenvalue weighted by molar-refractivity contribution is 0.196. The van der Waals surface area contributed by atoms with Gasteiger partial charge < -0.3 is 4.74 Å². The quantitative estimate of drug-likeness (QED) is 0.786. The molecule has 0 spiro atoms. The van der Waals surface area contributed by atoms with Gasteiger partial charge in [-0.25, -0.2) is 13.1 Å². The van der Waals surface area contributed by atoms with Crippen LogP contribution < -0.4 is 4.72 Å². The molecule has 0 atom stereocenters. The molecule has 0 aliphatic carbocycles. The van der Waals surface area contributed by atoms with Gasteiger partial charge in [0.05, 0.1) is 16.5 Å². The average molecular weight is 268 g/mol. The molecule has 6 heteroatoms. The minimum Gasteiger partial charge on any atom is -0.385 e. The average Bonchev–Trinajstić information content (AvgIpc) is 2.34. The van der Waals surface area contributed by atoms with Gasteiger partial charge in [0.2, 0.25) is 10.0 Å². The summed E-state index contributed by atoms with van der Waals surface area (Å²) in [6, 6.07) is 6.45. The fraction of sp³-hybridized carbons (Fsp3) is 0.417. The summed E-state index contributed by atoms with van der Waals surface area (Å²) in [6.07, 6.45) is 0.616. The van der Waals surface area contributed by atoms with Crippen molar-refractivity contribution in [1.29, 1.82) is 5.26 Å². The van der Waals surface area contributed by atoms with Crippen molar-refractivity contribution in [3.8, 4) is 6.07 Å². The second kappa shape index (κ2) is 6.50. The Bertz CT molecular complexity index is 547. The summed E-state index contributed by atoms with van der Waals surface area (Å²) in [4.78, 5) is 0.177. The van der Waals surface area contributed by atoms with E-state index in [1.165, 1.54) is 18.2 Å². The number of hydrogen-bond acceptors (Lipinski definition) is 4. The SMILES string of the molecule is COCCCNS(=O)(=O)c1ccc(C#N)c(C)c1. The summed E-state index contributed by atoms with van der Waals surface area (Å²) in [5, 5.41) is 8.78. The van der Waals surface area contributed by atoms with Crippen LogP contribution in [-0.4, -0.2) is 28.7 Å². The minimum absolute atomic E-state index is 0.177. The number of nitrogens with zero attached hydrogens (tertiary/aromatic N) is 1. The van der Waals surface area contributed by atoms with E-state index in [0.29, 0.717) is 30.7 Å². The molecule has 0 fully saturated rings. The van der Waals surface area contributed by atoms with E-state index in [-0.39, 0.29) is 4.90 Å². The highest BCUT2D eigenvalue weighted by Crippen LogP contribution is 2.14. The largest absolute Gasteiger partial charge is 0.385 e. The van der Waals surface area contributed by atoms with Crippen molar-refractivity contribution in [3.63, 3.8) is 0 Å². The number of rotatable bonds is 6. The molecule has 98 valence electrons. The molecule has 0 unspecified atom stereocenters. The van der Waals surface area contributed by atoms with Crippen LogP contribution in [0.4, 0.5) is 0 Å². The molecular weight excluding hydrogens is 252 g/mol. The Labute approximate surface area is 107 Å². The summed E-state index contributed by atoms with van der Waals surface area (Å²) in [5.74, 6) is 0. The molecule has 0 radical (unpaired) electrons. The lowest BCUT2D eigenvalue weighted by Crippen LogP contribution is -2.25. The van der Waals surface area contributed by atoms with Crippen molar-refractivity contribution in [3.05, 3.63) is 29.3 Å². The fourth-order valence-corrected chi connectivity index (χ4v) is 2.59. The van der Waals surface area contributed by atoms with Crippen LogP contribution in [0.15, 0.2) is 23.1 Å². The summed E-state index contributed by atoms with van der Waals surface area (Å²) >= 11 is 0. The van der Waals surface area contributed by atoms with Gasteiger partial charge in [0.1, 0.15) is 0 Å². The monoisotopic (exact) mass is 268 g/mol. The van der Waals surface area contributed by atoms with Gasteiger partial charge in [0.15, 0.2) is 0 Å². The first-order valence-corrected chi connectivity index (χ1v) is 6.99. The van der Waals surface area contributed by atoms with Crippen molar-refractivity contribution < 1.29 is 13.2 Å². The number of aryl methyl sites for hydroxylation is 1. The van der Waals surface area contributed by atoms with E-state index in [2.05, 4.69) is 4.72 Å². The molecule has 0 amide bonds. The first-order valence-electron chi connectivity index (χ1n) is 5.50. The summed E-state index contributed by atoms with van der Waals surface area (Å²) in [6.45, 7) is 2.55. The standard InChI is InChI=1S/C12H16N2O3S/c1-10-8-12(5-4-11(10)9-13)18(15,16)14-6-3-7-17-2/h4-5,8,14H,3,6-7H2,1-2H3. The minimum atomic E-state index is -3.50. The zero-order valence-corrected chi connectivity index (χ0v) is 11.3. The third-order valence-corrected chi connectivity index (χ3v) is 3.90. The van der Waals surface area contributed by atoms with E-state index in [1.54, 1.807) is 14.0 Å². The van der Waals surface area contributed by atoms with Crippen LogP contribution in [0.25, 0.3) is 0 Å². The lowest BCUT2D eigenvalue weighted by atomic mass is 10.1. The van der Waals surface area contributed by atoms with Crippen LogP contribution in [0.1, 0.15) is 17.5 Å². The summed E-state index contributed by atoms with van der Waals surface area (Å²) < 4.78 is 31.1. The second-order valence-corrected chi connectivity index (χ2v) is 5.60. The number of nitriles is 1. The summed E-state index contributed by atoms with van der Waals surface area (Å²) in [5.41, 5.74) is 1.13. The highest BCUT2D eigenvalue weighted by Gasteiger charge is 2.14. The number of nitrogens with one attached hydrogen (secondary N) is 1. The molecule has 5 nitrogen and oxygen atoms in total. The molecule has 1 aromatic carbocycles. The van der Waals surface area contributed by atoms with Gasteiger partial charge >= 0.3 is 0 Å². The molecule has 0 saturated heterocycles. The Morgan fingerprint density at radius 1 is 1.44 bits per heavy atom. The van der Waals surface area contributed by atoms with Gasteiger partial charge in [-0.1, -0.05) is 0 Å². The van der Waals surface area contributed by atoms with Crippen LogP contribution in [-0.2, 0) is 14.8 Å². The third kappa shape index (κ3) is 3.81. The van der Waals surface area contributed by atoms with Crippen molar-refractivity contribution in [2.24, 2.45) is 0 Å². The lowest BCUT2D eigenvalue weighted by Gasteiger charge is -2.07. The van der Waals surface area contributed by atoms with E-state index in [0.717, 1.165) is 0 Å². The first-order chi connectivity index (χ1) is 8.51. The molecule has 1 N–H and O–H groups in total. The van der Waals surface area contributed by atoms with Crippen molar-refractivity contribution in [1.82, 2.24) is 4.72 Å². The maximum atomic E-state index is 11.9. The predicted molar refractivity (Wildman–Crippen MR) is 67.6 cm³/mol. The smallest absolute Gasteiger partial charge is 0.240 e. The Morgan fingerprint density at radius 2 is 2.17 bits per heavy atom. The first kappa shape index (κ1) is 14.6. The van der Waals surface area contributed by atoms with Crippen LogP contribution >= 0.6 is 0 Å². The molecule has 1 aromatic rings. The van der Waals surface area contributed by atoms with E-state index < -0.39 is 10.0 Å². The van der Waals surface area contributed by atoms with Gasteiger partial charge in [0.25, 0.3) is 0 Å². The highest BCUT2D eigenvalue weighted by atomic mass is 32.2. The van der Waals surface area contributed by atoms with Gasteiger partial charge in [-0.15, -0.1) is 0 Å². The van der Waals surface area contributed by atoms with Gasteiger partial charge in [0, 0.05) is 20.3 Å². The molecule has 0 saturated carbocycles. The van der Waals surface area contributed by atoms with Crippen LogP contribution in [0.3, 0.4) is 0 Å². The predicted octanol–water partition coefficient (Wildman–Crippen LogP) is 1.18. The molecule has 0 aliphatic rings. The van der Waals surface area contributed by atoms with E-state index in [4.69, 9.17) is 10.00 Å². The molecule has 0 heterocycles. The highest BCUT2D eigenvalue weighted by molar-refractivity contribution is 7.89. The van der Waals surface area contributed by atoms with E-state index >= 15 is 0 Å². The molecule has 0 bridgehead atoms. The van der Waals surface area contributed by atoms with E-state index in [1.807, 2.05) is 6.07 Å². The van der Waals surface area contributed by atoms with Crippen molar-refractivity contribution >= 4 is 10.0 Å². The maximum absolute atomic E-state index is 11.9. The molecule has 0 aromatic heterocycles. The van der Waals surface area contributed by atoms with Crippen LogP contribution in [0.5, 0.6) is 0 Å². The summed E-state index contributed by atoms with van der Waals surface area (Å²) in [7, 11) is -1.94. The van der Waals surface area contributed by atoms with Gasteiger partial charge in [-0.2, -0.15) is 5.26 Å². The second-order valence-electron chi connectivity index (χ2n) is 3.83. The molecular formula is C12H16N2O3S. The Morgan fingerprint density at radius 3 is 2.72 bits per heavy atom. The number of benzene rings is 1. The Kier molecular flexibility index (Phi) is 5.28. The van der Waals surface area contributed by atoms with Crippen LogP contribution in [0.2, 0.25) is 0 Å². The Balaban J connectivity index is 2.80. The number of methoxy groups -OCH3 is 1. The number of ether oxygens (including phenoxy) is 1. The topological polar surface area (TPSA) is 79.2 Å². The fourth-order valence-electron chi connectivity index (χ4n) is 1.44. The van der Waals surface area contributed by atoms with E-state index in [9.17, 15) is 8.42 Å². The Hall–Kier alpha value is -1.42. The van der Waals surface area contributed by atoms with Crippen molar-refractivity contribution in [2.75, 3.05) is 20.3 Å².